The summed E-state index contributed by atoms with van der Waals surface area (Å²) in [5.74, 6) is 0.592. The number of nitrogens with one attached hydrogen (secondary N) is 1. The summed E-state index contributed by atoms with van der Waals surface area (Å²) in [4.78, 5) is 23.6. The normalized spacial score (nSPS) is 10.4. The van der Waals surface area contributed by atoms with Gasteiger partial charge in [0.1, 0.15) is 11.5 Å². The third kappa shape index (κ3) is 4.17. The van der Waals surface area contributed by atoms with Gasteiger partial charge >= 0.3 is 5.97 Å². The largest absolute Gasteiger partial charge is 0.497 e. The fraction of sp³-hybridized carbons (Fsp3) is 0.158. The van der Waals surface area contributed by atoms with Crippen molar-refractivity contribution in [2.24, 2.45) is 0 Å². The number of methoxy groups -OCH3 is 1. The summed E-state index contributed by atoms with van der Waals surface area (Å²) in [7, 11) is 1.60. The summed E-state index contributed by atoms with van der Waals surface area (Å²) < 4.78 is 15.5. The minimum Gasteiger partial charge on any atom is -0.497 e. The van der Waals surface area contributed by atoms with Gasteiger partial charge in [0.15, 0.2) is 5.76 Å². The van der Waals surface area contributed by atoms with Crippen molar-refractivity contribution in [3.8, 4) is 11.5 Å². The zero-order chi connectivity index (χ0) is 17.6. The maximum absolute atomic E-state index is 11.9. The molecule has 6 nitrogen and oxygen atoms in total. The molecular weight excluding hydrogens is 322 g/mol. The third-order valence-electron chi connectivity index (χ3n) is 3.61. The predicted molar refractivity (Wildman–Crippen MR) is 91.8 cm³/mol. The molecule has 0 unspecified atom stereocenters. The zero-order valence-corrected chi connectivity index (χ0v) is 13.7. The molecule has 0 bridgehead atoms. The molecule has 0 saturated carbocycles. The first-order valence-electron chi connectivity index (χ1n) is 7.76. The van der Waals surface area contributed by atoms with Gasteiger partial charge in [-0.1, -0.05) is 12.1 Å². The standard InChI is InChI=1S/C19H17NO5/c1-23-15-6-4-13-5-7-16(12-14(13)11-15)25-18(21)8-9-20-19(22)17-3-2-10-24-17/h2-7,10-12H,8-9H2,1H3,(H,20,22). The highest BCUT2D eigenvalue weighted by Crippen LogP contribution is 2.25. The van der Waals surface area contributed by atoms with Gasteiger partial charge in [0.2, 0.25) is 0 Å². The van der Waals surface area contributed by atoms with Gasteiger partial charge in [-0.3, -0.25) is 9.59 Å². The van der Waals surface area contributed by atoms with Crippen LogP contribution in [0.4, 0.5) is 0 Å². The summed E-state index contributed by atoms with van der Waals surface area (Å²) in [5.41, 5.74) is 0. The second-order valence-corrected chi connectivity index (χ2v) is 5.33. The summed E-state index contributed by atoms with van der Waals surface area (Å²) in [6, 6.07) is 14.2. The van der Waals surface area contributed by atoms with Crippen molar-refractivity contribution in [1.82, 2.24) is 5.32 Å². The van der Waals surface area contributed by atoms with Gasteiger partial charge in [-0.25, -0.2) is 0 Å². The highest BCUT2D eigenvalue weighted by Gasteiger charge is 2.10. The number of amides is 1. The van der Waals surface area contributed by atoms with E-state index >= 15 is 0 Å². The van der Waals surface area contributed by atoms with Crippen molar-refractivity contribution in [1.29, 1.82) is 0 Å². The molecule has 1 amide bonds. The number of fused-ring (bicyclic) bond motifs is 1. The molecule has 0 aliphatic rings. The molecule has 0 aliphatic heterocycles. The molecule has 0 aliphatic carbocycles. The van der Waals surface area contributed by atoms with E-state index in [-0.39, 0.29) is 24.6 Å². The molecule has 0 atom stereocenters. The average Bonchev–Trinajstić information content (AvgIpc) is 3.15. The number of hydrogen-bond acceptors (Lipinski definition) is 5. The van der Waals surface area contributed by atoms with Crippen LogP contribution >= 0.6 is 0 Å². The summed E-state index contributed by atoms with van der Waals surface area (Å²) in [6.45, 7) is 0.166. The van der Waals surface area contributed by atoms with E-state index in [2.05, 4.69) is 5.32 Å². The maximum Gasteiger partial charge on any atom is 0.312 e. The molecule has 6 heteroatoms. The van der Waals surface area contributed by atoms with Crippen LogP contribution in [-0.4, -0.2) is 25.5 Å². The van der Waals surface area contributed by atoms with Gasteiger partial charge in [-0.15, -0.1) is 0 Å². The second-order valence-electron chi connectivity index (χ2n) is 5.33. The molecule has 1 heterocycles. The van der Waals surface area contributed by atoms with Crippen LogP contribution in [0.1, 0.15) is 17.0 Å². The molecule has 128 valence electrons. The van der Waals surface area contributed by atoms with Crippen LogP contribution < -0.4 is 14.8 Å². The van der Waals surface area contributed by atoms with E-state index in [0.29, 0.717) is 5.75 Å². The number of carbonyl (C=O) groups is 2. The van der Waals surface area contributed by atoms with E-state index in [9.17, 15) is 9.59 Å². The van der Waals surface area contributed by atoms with E-state index < -0.39 is 5.97 Å². The molecule has 2 aromatic carbocycles. The van der Waals surface area contributed by atoms with Crippen LogP contribution in [0.15, 0.2) is 59.2 Å². The first kappa shape index (κ1) is 16.6. The lowest BCUT2D eigenvalue weighted by Gasteiger charge is -2.07. The number of hydrogen-bond donors (Lipinski definition) is 1. The molecule has 1 aromatic heterocycles. The Labute approximate surface area is 144 Å². The molecule has 3 rings (SSSR count). The zero-order valence-electron chi connectivity index (χ0n) is 13.7. The van der Waals surface area contributed by atoms with Gasteiger partial charge in [0.05, 0.1) is 19.8 Å². The van der Waals surface area contributed by atoms with Gasteiger partial charge in [-0.05, 0) is 47.2 Å². The minimum absolute atomic E-state index is 0.0581. The Balaban J connectivity index is 1.55. The van der Waals surface area contributed by atoms with Crippen LogP contribution in [0.25, 0.3) is 10.8 Å². The molecule has 1 N–H and O–H groups in total. The SMILES string of the molecule is COc1ccc2ccc(OC(=O)CCNC(=O)c3ccco3)cc2c1. The third-order valence-corrected chi connectivity index (χ3v) is 3.61. The number of ether oxygens (including phenoxy) is 2. The summed E-state index contributed by atoms with van der Waals surface area (Å²) in [6.07, 6.45) is 1.47. The smallest absolute Gasteiger partial charge is 0.312 e. The number of carbonyl (C=O) groups excluding carboxylic acids is 2. The van der Waals surface area contributed by atoms with Crippen LogP contribution in [0, 0.1) is 0 Å². The Bertz CT molecular complexity index is 886. The molecule has 0 radical (unpaired) electrons. The first-order chi connectivity index (χ1) is 12.2. The lowest BCUT2D eigenvalue weighted by Crippen LogP contribution is -2.26. The average molecular weight is 339 g/mol. The Kier molecular flexibility index (Phi) is 4.99. The fourth-order valence-corrected chi connectivity index (χ4v) is 2.35. The van der Waals surface area contributed by atoms with Crippen molar-refractivity contribution in [3.63, 3.8) is 0 Å². The fourth-order valence-electron chi connectivity index (χ4n) is 2.35. The van der Waals surface area contributed by atoms with Gasteiger partial charge in [0.25, 0.3) is 5.91 Å². The topological polar surface area (TPSA) is 77.8 Å². The van der Waals surface area contributed by atoms with Gasteiger partial charge < -0.3 is 19.2 Å². The van der Waals surface area contributed by atoms with E-state index in [1.54, 1.807) is 31.4 Å². The van der Waals surface area contributed by atoms with Crippen molar-refractivity contribution in [2.75, 3.05) is 13.7 Å². The lowest BCUT2D eigenvalue weighted by atomic mass is 10.1. The van der Waals surface area contributed by atoms with E-state index in [1.165, 1.54) is 6.26 Å². The highest BCUT2D eigenvalue weighted by atomic mass is 16.5. The van der Waals surface area contributed by atoms with E-state index in [1.807, 2.05) is 24.3 Å². The number of rotatable bonds is 6. The summed E-state index contributed by atoms with van der Waals surface area (Å²) in [5, 5.41) is 4.53. The molecule has 25 heavy (non-hydrogen) atoms. The first-order valence-corrected chi connectivity index (χ1v) is 7.76. The summed E-state index contributed by atoms with van der Waals surface area (Å²) >= 11 is 0. The van der Waals surface area contributed by atoms with Gasteiger partial charge in [-0.2, -0.15) is 0 Å². The number of esters is 1. The van der Waals surface area contributed by atoms with Crippen molar-refractivity contribution >= 4 is 22.6 Å². The maximum atomic E-state index is 11.9. The van der Waals surface area contributed by atoms with Crippen LogP contribution in [0.2, 0.25) is 0 Å². The van der Waals surface area contributed by atoms with Crippen LogP contribution in [-0.2, 0) is 4.79 Å². The van der Waals surface area contributed by atoms with E-state index in [4.69, 9.17) is 13.9 Å². The Hall–Kier alpha value is -3.28. The highest BCUT2D eigenvalue weighted by molar-refractivity contribution is 5.91. The molecule has 3 aromatic rings. The molecule has 0 spiro atoms. The van der Waals surface area contributed by atoms with Crippen LogP contribution in [0.3, 0.4) is 0 Å². The quantitative estimate of drug-likeness (QED) is 0.551. The minimum atomic E-state index is -0.429. The van der Waals surface area contributed by atoms with E-state index in [0.717, 1.165) is 16.5 Å². The Morgan fingerprint density at radius 2 is 1.80 bits per heavy atom. The molecular formula is C19H17NO5. The van der Waals surface area contributed by atoms with Crippen molar-refractivity contribution in [3.05, 3.63) is 60.6 Å². The monoisotopic (exact) mass is 339 g/mol. The Morgan fingerprint density at radius 1 is 1.04 bits per heavy atom. The van der Waals surface area contributed by atoms with Crippen molar-refractivity contribution in [2.45, 2.75) is 6.42 Å². The van der Waals surface area contributed by atoms with Crippen molar-refractivity contribution < 1.29 is 23.5 Å². The Morgan fingerprint density at radius 3 is 2.52 bits per heavy atom. The lowest BCUT2D eigenvalue weighted by molar-refractivity contribution is -0.134. The predicted octanol–water partition coefficient (Wildman–Crippen LogP) is 3.17. The molecule has 0 fully saturated rings. The van der Waals surface area contributed by atoms with Gasteiger partial charge in [0, 0.05) is 6.54 Å². The molecule has 0 saturated heterocycles. The van der Waals surface area contributed by atoms with Crippen LogP contribution in [0.5, 0.6) is 11.5 Å². The second kappa shape index (κ2) is 7.53. The number of furan rings is 1. The number of benzene rings is 2.